The number of nitrogens with one attached hydrogen (secondary N) is 1. The van der Waals surface area contributed by atoms with Gasteiger partial charge in [-0.2, -0.15) is 4.31 Å². The molecule has 2 fully saturated rings. The lowest BCUT2D eigenvalue weighted by Gasteiger charge is -2.21. The normalized spacial score (nSPS) is 27.2. The summed E-state index contributed by atoms with van der Waals surface area (Å²) in [6.45, 7) is 3.76. The molecule has 8 nitrogen and oxygen atoms in total. The average molecular weight is 422 g/mol. The van der Waals surface area contributed by atoms with Gasteiger partial charge in [0.2, 0.25) is 10.0 Å². The zero-order valence-corrected chi connectivity index (χ0v) is 17.4. The van der Waals surface area contributed by atoms with Crippen LogP contribution in [0.4, 0.5) is 0 Å². The molecular weight excluding hydrogens is 394 g/mol. The van der Waals surface area contributed by atoms with Gasteiger partial charge in [0.05, 0.1) is 17.5 Å². The number of nitrogens with zero attached hydrogens (tertiary/aromatic N) is 2. The second kappa shape index (κ2) is 8.04. The van der Waals surface area contributed by atoms with E-state index in [4.69, 9.17) is 9.57 Å². The minimum atomic E-state index is -3.60. The fourth-order valence-electron chi connectivity index (χ4n) is 4.04. The number of aryl methyl sites for hydroxylation is 1. The van der Waals surface area contributed by atoms with Crippen molar-refractivity contribution in [2.45, 2.75) is 55.6 Å². The van der Waals surface area contributed by atoms with Crippen LogP contribution in [-0.4, -0.2) is 62.3 Å². The first-order valence-electron chi connectivity index (χ1n) is 10.2. The summed E-state index contributed by atoms with van der Waals surface area (Å²) >= 11 is 0. The van der Waals surface area contributed by atoms with Gasteiger partial charge in [-0.1, -0.05) is 24.2 Å². The maximum atomic E-state index is 13.0. The summed E-state index contributed by atoms with van der Waals surface area (Å²) in [4.78, 5) is 18.3. The third kappa shape index (κ3) is 4.17. The van der Waals surface area contributed by atoms with Crippen LogP contribution in [0.15, 0.2) is 34.3 Å². The van der Waals surface area contributed by atoms with Gasteiger partial charge in [0.1, 0.15) is 5.71 Å². The molecule has 0 radical (unpaired) electrons. The predicted molar refractivity (Wildman–Crippen MR) is 107 cm³/mol. The van der Waals surface area contributed by atoms with Gasteiger partial charge in [0, 0.05) is 32.5 Å². The van der Waals surface area contributed by atoms with E-state index in [1.54, 1.807) is 12.1 Å². The molecule has 1 N–H and O–H groups in total. The molecule has 0 aromatic heterocycles. The van der Waals surface area contributed by atoms with Gasteiger partial charge < -0.3 is 14.9 Å². The summed E-state index contributed by atoms with van der Waals surface area (Å²) in [6, 6.07) is 6.97. The van der Waals surface area contributed by atoms with Crippen molar-refractivity contribution in [1.29, 1.82) is 0 Å². The molecule has 3 aliphatic heterocycles. The van der Waals surface area contributed by atoms with Crippen molar-refractivity contribution >= 4 is 21.6 Å². The number of carbonyl (C=O) groups excluding carboxylic acids is 1. The molecule has 4 rings (SSSR count). The zero-order chi connectivity index (χ0) is 20.5. The largest absolute Gasteiger partial charge is 0.387 e. The van der Waals surface area contributed by atoms with Crippen molar-refractivity contribution in [3.05, 3.63) is 29.8 Å². The first-order valence-corrected chi connectivity index (χ1v) is 11.6. The Hall–Kier alpha value is -1.97. The molecule has 0 saturated carbocycles. The van der Waals surface area contributed by atoms with Gasteiger partial charge in [0.25, 0.3) is 5.91 Å². The van der Waals surface area contributed by atoms with Crippen LogP contribution < -0.4 is 5.32 Å². The van der Waals surface area contributed by atoms with Gasteiger partial charge in [-0.15, -0.1) is 0 Å². The standard InChI is InChI=1S/C20H27N3O5S/c1-2-15-5-7-17(8-6-15)29(25,26)23-10-9-20(14-23)12-18(22-28-20)19(24)21-13-16-4-3-11-27-16/h5-8,16H,2-4,9-14H2,1H3,(H,21,24)/t16-,20-/m0/s1. The van der Waals surface area contributed by atoms with Crippen molar-refractivity contribution in [2.75, 3.05) is 26.2 Å². The van der Waals surface area contributed by atoms with Crippen LogP contribution in [0.2, 0.25) is 0 Å². The minimum Gasteiger partial charge on any atom is -0.387 e. The van der Waals surface area contributed by atoms with Gasteiger partial charge in [-0.05, 0) is 37.0 Å². The highest BCUT2D eigenvalue weighted by Gasteiger charge is 2.49. The molecule has 2 atom stereocenters. The van der Waals surface area contributed by atoms with Crippen molar-refractivity contribution in [3.63, 3.8) is 0 Å². The number of ether oxygens (including phenoxy) is 1. The van der Waals surface area contributed by atoms with Crippen LogP contribution in [0.25, 0.3) is 0 Å². The topological polar surface area (TPSA) is 97.3 Å². The van der Waals surface area contributed by atoms with E-state index in [-0.39, 0.29) is 23.5 Å². The number of oxime groups is 1. The Morgan fingerprint density at radius 3 is 2.83 bits per heavy atom. The highest BCUT2D eigenvalue weighted by molar-refractivity contribution is 7.89. The first-order chi connectivity index (χ1) is 13.9. The van der Waals surface area contributed by atoms with Crippen LogP contribution in [0.1, 0.15) is 38.2 Å². The van der Waals surface area contributed by atoms with Crippen molar-refractivity contribution < 1.29 is 22.8 Å². The maximum absolute atomic E-state index is 13.0. The van der Waals surface area contributed by atoms with E-state index < -0.39 is 15.6 Å². The van der Waals surface area contributed by atoms with E-state index in [0.29, 0.717) is 31.6 Å². The van der Waals surface area contributed by atoms with Crippen LogP contribution in [-0.2, 0) is 30.8 Å². The Labute approximate surface area is 171 Å². The molecule has 0 unspecified atom stereocenters. The monoisotopic (exact) mass is 421 g/mol. The molecule has 2 saturated heterocycles. The third-order valence-corrected chi connectivity index (χ3v) is 7.73. The van der Waals surface area contributed by atoms with Crippen LogP contribution >= 0.6 is 0 Å². The van der Waals surface area contributed by atoms with Gasteiger partial charge in [-0.3, -0.25) is 4.79 Å². The Morgan fingerprint density at radius 2 is 2.14 bits per heavy atom. The molecular formula is C20H27N3O5S. The molecule has 3 heterocycles. The summed E-state index contributed by atoms with van der Waals surface area (Å²) in [5.41, 5.74) is 0.648. The van der Waals surface area contributed by atoms with Crippen LogP contribution in [0.5, 0.6) is 0 Å². The van der Waals surface area contributed by atoms with Crippen molar-refractivity contribution in [2.24, 2.45) is 5.16 Å². The molecule has 29 heavy (non-hydrogen) atoms. The molecule has 1 aromatic carbocycles. The molecule has 9 heteroatoms. The third-order valence-electron chi connectivity index (χ3n) is 5.87. The summed E-state index contributed by atoms with van der Waals surface area (Å²) < 4.78 is 32.9. The lowest BCUT2D eigenvalue weighted by atomic mass is 9.96. The summed E-state index contributed by atoms with van der Waals surface area (Å²) in [7, 11) is -3.60. The van der Waals surface area contributed by atoms with E-state index in [9.17, 15) is 13.2 Å². The van der Waals surface area contributed by atoms with Gasteiger partial charge in [0.15, 0.2) is 5.60 Å². The van der Waals surface area contributed by atoms with E-state index in [0.717, 1.165) is 31.4 Å². The molecule has 0 aliphatic carbocycles. The van der Waals surface area contributed by atoms with Crippen LogP contribution in [0, 0.1) is 0 Å². The Kier molecular flexibility index (Phi) is 5.63. The van der Waals surface area contributed by atoms with Crippen molar-refractivity contribution in [3.8, 4) is 0 Å². The van der Waals surface area contributed by atoms with E-state index >= 15 is 0 Å². The number of hydrogen-bond donors (Lipinski definition) is 1. The predicted octanol–water partition coefficient (Wildman–Crippen LogP) is 1.45. The summed E-state index contributed by atoms with van der Waals surface area (Å²) in [6.07, 6.45) is 3.69. The number of hydrogen-bond acceptors (Lipinski definition) is 6. The second-order valence-corrected chi connectivity index (χ2v) is 9.86. The van der Waals surface area contributed by atoms with Crippen LogP contribution in [0.3, 0.4) is 0 Å². The maximum Gasteiger partial charge on any atom is 0.269 e. The van der Waals surface area contributed by atoms with Crippen molar-refractivity contribution in [1.82, 2.24) is 9.62 Å². The number of sulfonamides is 1. The summed E-state index contributed by atoms with van der Waals surface area (Å²) in [5.74, 6) is -0.270. The lowest BCUT2D eigenvalue weighted by molar-refractivity contribution is -0.115. The summed E-state index contributed by atoms with van der Waals surface area (Å²) in [5, 5.41) is 6.81. The highest BCUT2D eigenvalue weighted by atomic mass is 32.2. The SMILES string of the molecule is CCc1ccc(S(=O)(=O)N2CC[C@]3(CC(C(=O)NC[C@@H]4CCCO4)=NO3)C2)cc1. The second-order valence-electron chi connectivity index (χ2n) is 7.92. The molecule has 0 bridgehead atoms. The number of amides is 1. The zero-order valence-electron chi connectivity index (χ0n) is 16.6. The Balaban J connectivity index is 1.36. The number of carbonyl (C=O) groups is 1. The van der Waals surface area contributed by atoms with E-state index in [1.807, 2.05) is 19.1 Å². The molecule has 3 aliphatic rings. The average Bonchev–Trinajstić information content (AvgIpc) is 3.49. The fourth-order valence-corrected chi connectivity index (χ4v) is 5.55. The molecule has 1 amide bonds. The Bertz CT molecular complexity index is 893. The molecule has 158 valence electrons. The molecule has 1 spiro atoms. The lowest BCUT2D eigenvalue weighted by Crippen LogP contribution is -2.40. The quantitative estimate of drug-likeness (QED) is 0.750. The number of benzene rings is 1. The van der Waals surface area contributed by atoms with E-state index in [2.05, 4.69) is 10.5 Å². The van der Waals surface area contributed by atoms with Gasteiger partial charge >= 0.3 is 0 Å². The first kappa shape index (κ1) is 20.3. The number of rotatable bonds is 6. The smallest absolute Gasteiger partial charge is 0.269 e. The highest BCUT2D eigenvalue weighted by Crippen LogP contribution is 2.36. The minimum absolute atomic E-state index is 0.0574. The van der Waals surface area contributed by atoms with Gasteiger partial charge in [-0.25, -0.2) is 8.42 Å². The fraction of sp³-hybridized carbons (Fsp3) is 0.600. The molecule has 1 aromatic rings. The van der Waals surface area contributed by atoms with E-state index in [1.165, 1.54) is 4.31 Å². The Morgan fingerprint density at radius 1 is 1.34 bits per heavy atom.